The summed E-state index contributed by atoms with van der Waals surface area (Å²) in [4.78, 5) is 6.61. The first-order valence-corrected chi connectivity index (χ1v) is 9.78. The molecule has 1 saturated heterocycles. The SMILES string of the molecule is CCN1C(=S)N[C@@H](c2ccccn2)[C@@H]1c1ccc(-c2ccc(Cl)cc2Cl)o1. The maximum atomic E-state index is 6.34. The maximum Gasteiger partial charge on any atom is 0.170 e. The number of aromatic nitrogens is 1. The number of nitrogens with one attached hydrogen (secondary N) is 1. The van der Waals surface area contributed by atoms with E-state index in [0.717, 1.165) is 23.6 Å². The molecule has 1 aromatic carbocycles. The second-order valence-corrected chi connectivity index (χ2v) is 7.47. The summed E-state index contributed by atoms with van der Waals surface area (Å²) in [5, 5.41) is 5.22. The predicted molar refractivity (Wildman–Crippen MR) is 112 cm³/mol. The highest BCUT2D eigenvalue weighted by atomic mass is 35.5. The number of hydrogen-bond acceptors (Lipinski definition) is 3. The first-order chi connectivity index (χ1) is 13.1. The Hall–Kier alpha value is -2.08. The number of benzene rings is 1. The molecular formula is C20H17Cl2N3OS. The molecule has 2 atom stereocenters. The Bertz CT molecular complexity index is 976. The fraction of sp³-hybridized carbons (Fsp3) is 0.200. The van der Waals surface area contributed by atoms with Gasteiger partial charge in [0.05, 0.1) is 16.8 Å². The van der Waals surface area contributed by atoms with Crippen LogP contribution in [0, 0.1) is 0 Å². The van der Waals surface area contributed by atoms with Crippen molar-refractivity contribution in [2.24, 2.45) is 0 Å². The van der Waals surface area contributed by atoms with Crippen LogP contribution in [0.5, 0.6) is 0 Å². The van der Waals surface area contributed by atoms with Gasteiger partial charge in [0.2, 0.25) is 0 Å². The lowest BCUT2D eigenvalue weighted by molar-refractivity contribution is 0.284. The number of pyridine rings is 1. The maximum absolute atomic E-state index is 6.34. The molecule has 1 aliphatic heterocycles. The molecule has 4 nitrogen and oxygen atoms in total. The Morgan fingerprint density at radius 1 is 1.19 bits per heavy atom. The lowest BCUT2D eigenvalue weighted by atomic mass is 10.0. The number of thiocarbonyl (C=S) groups is 1. The van der Waals surface area contributed by atoms with Crippen LogP contribution in [0.1, 0.15) is 30.5 Å². The monoisotopic (exact) mass is 417 g/mol. The van der Waals surface area contributed by atoms with E-state index in [-0.39, 0.29) is 12.1 Å². The number of nitrogens with zero attached hydrogens (tertiary/aromatic N) is 2. The number of rotatable bonds is 4. The van der Waals surface area contributed by atoms with Gasteiger partial charge in [-0.25, -0.2) is 0 Å². The van der Waals surface area contributed by atoms with Gasteiger partial charge >= 0.3 is 0 Å². The quantitative estimate of drug-likeness (QED) is 0.556. The van der Waals surface area contributed by atoms with Crippen LogP contribution in [0.15, 0.2) is 59.1 Å². The van der Waals surface area contributed by atoms with Gasteiger partial charge in [-0.3, -0.25) is 4.98 Å². The number of halogens is 2. The summed E-state index contributed by atoms with van der Waals surface area (Å²) in [5.41, 5.74) is 1.72. The van der Waals surface area contributed by atoms with Crippen LogP contribution in [-0.4, -0.2) is 21.5 Å². The molecule has 0 amide bonds. The zero-order valence-corrected chi connectivity index (χ0v) is 16.9. The van der Waals surface area contributed by atoms with Crippen molar-refractivity contribution in [1.82, 2.24) is 15.2 Å². The summed E-state index contributed by atoms with van der Waals surface area (Å²) in [6.45, 7) is 2.83. The molecule has 0 radical (unpaired) electrons. The van der Waals surface area contributed by atoms with E-state index >= 15 is 0 Å². The molecule has 3 aromatic rings. The lowest BCUT2D eigenvalue weighted by Gasteiger charge is -2.24. The molecule has 3 heterocycles. The van der Waals surface area contributed by atoms with E-state index in [4.69, 9.17) is 39.8 Å². The number of furan rings is 1. The van der Waals surface area contributed by atoms with E-state index in [2.05, 4.69) is 22.1 Å². The zero-order chi connectivity index (χ0) is 19.0. The third kappa shape index (κ3) is 3.43. The normalized spacial score (nSPS) is 19.4. The molecule has 0 unspecified atom stereocenters. The van der Waals surface area contributed by atoms with Gasteiger partial charge in [-0.2, -0.15) is 0 Å². The second-order valence-electron chi connectivity index (χ2n) is 6.24. The van der Waals surface area contributed by atoms with Gasteiger partial charge in [-0.1, -0.05) is 29.3 Å². The smallest absolute Gasteiger partial charge is 0.170 e. The molecule has 4 rings (SSSR count). The summed E-state index contributed by atoms with van der Waals surface area (Å²) in [5.74, 6) is 1.50. The molecule has 1 fully saturated rings. The molecule has 1 N–H and O–H groups in total. The van der Waals surface area contributed by atoms with Crippen LogP contribution < -0.4 is 5.32 Å². The Kier molecular flexibility index (Phi) is 5.08. The van der Waals surface area contributed by atoms with Crippen molar-refractivity contribution < 1.29 is 4.42 Å². The molecule has 7 heteroatoms. The third-order valence-electron chi connectivity index (χ3n) is 4.65. The molecule has 1 aliphatic rings. The molecule has 0 bridgehead atoms. The van der Waals surface area contributed by atoms with Crippen LogP contribution in [-0.2, 0) is 0 Å². The molecular weight excluding hydrogens is 401 g/mol. The van der Waals surface area contributed by atoms with Gasteiger partial charge < -0.3 is 14.6 Å². The highest BCUT2D eigenvalue weighted by molar-refractivity contribution is 7.80. The first-order valence-electron chi connectivity index (χ1n) is 8.61. The van der Waals surface area contributed by atoms with Gasteiger partial charge in [-0.15, -0.1) is 0 Å². The van der Waals surface area contributed by atoms with Crippen molar-refractivity contribution in [3.05, 3.63) is 76.2 Å². The van der Waals surface area contributed by atoms with Gasteiger partial charge in [-0.05, 0) is 61.6 Å². The fourth-order valence-electron chi connectivity index (χ4n) is 3.40. The highest BCUT2D eigenvalue weighted by Crippen LogP contribution is 2.41. The Morgan fingerprint density at radius 2 is 2.04 bits per heavy atom. The summed E-state index contributed by atoms with van der Waals surface area (Å²) >= 11 is 17.9. The van der Waals surface area contributed by atoms with Crippen molar-refractivity contribution in [1.29, 1.82) is 0 Å². The predicted octanol–water partition coefficient (Wildman–Crippen LogP) is 5.64. The van der Waals surface area contributed by atoms with E-state index in [1.54, 1.807) is 18.3 Å². The zero-order valence-electron chi connectivity index (χ0n) is 14.5. The highest BCUT2D eigenvalue weighted by Gasteiger charge is 2.40. The summed E-state index contributed by atoms with van der Waals surface area (Å²) in [6.07, 6.45) is 1.78. The van der Waals surface area contributed by atoms with Crippen molar-refractivity contribution in [3.8, 4) is 11.3 Å². The van der Waals surface area contributed by atoms with Crippen molar-refractivity contribution in [3.63, 3.8) is 0 Å². The fourth-order valence-corrected chi connectivity index (χ4v) is 4.27. The largest absolute Gasteiger partial charge is 0.459 e. The average molecular weight is 418 g/mol. The van der Waals surface area contributed by atoms with Gasteiger partial charge in [0.15, 0.2) is 5.11 Å². The van der Waals surface area contributed by atoms with Crippen LogP contribution in [0.2, 0.25) is 10.0 Å². The Labute approximate surface area is 173 Å². The molecule has 27 heavy (non-hydrogen) atoms. The van der Waals surface area contributed by atoms with Gasteiger partial charge in [0, 0.05) is 23.3 Å². The Morgan fingerprint density at radius 3 is 2.74 bits per heavy atom. The van der Waals surface area contributed by atoms with Crippen molar-refractivity contribution in [2.75, 3.05) is 6.54 Å². The van der Waals surface area contributed by atoms with Crippen LogP contribution in [0.25, 0.3) is 11.3 Å². The number of likely N-dealkylation sites (N-methyl/N-ethyl adjacent to an activating group) is 1. The summed E-state index contributed by atoms with van der Waals surface area (Å²) in [7, 11) is 0. The van der Waals surface area contributed by atoms with Crippen LogP contribution in [0.4, 0.5) is 0 Å². The lowest BCUT2D eigenvalue weighted by Crippen LogP contribution is -2.29. The topological polar surface area (TPSA) is 41.3 Å². The second kappa shape index (κ2) is 7.50. The minimum atomic E-state index is -0.0859. The summed E-state index contributed by atoms with van der Waals surface area (Å²) < 4.78 is 6.21. The van der Waals surface area contributed by atoms with E-state index in [0.29, 0.717) is 20.9 Å². The summed E-state index contributed by atoms with van der Waals surface area (Å²) in [6, 6.07) is 15.0. The van der Waals surface area contributed by atoms with E-state index in [1.165, 1.54) is 0 Å². The van der Waals surface area contributed by atoms with Crippen molar-refractivity contribution >= 4 is 40.5 Å². The van der Waals surface area contributed by atoms with Gasteiger partial charge in [0.25, 0.3) is 0 Å². The van der Waals surface area contributed by atoms with E-state index < -0.39 is 0 Å². The molecule has 2 aromatic heterocycles. The molecule has 0 aliphatic carbocycles. The first kappa shape index (κ1) is 18.3. The van der Waals surface area contributed by atoms with Crippen molar-refractivity contribution in [2.45, 2.75) is 19.0 Å². The standard InChI is InChI=1S/C20H17Cl2N3OS/c1-2-25-19(18(24-20(25)27)15-5-3-4-10-23-15)17-9-8-16(26-17)13-7-6-12(21)11-14(13)22/h3-11,18-19H,2H2,1H3,(H,24,27)/t18-,19-/m0/s1. The van der Waals surface area contributed by atoms with Crippen LogP contribution >= 0.6 is 35.4 Å². The average Bonchev–Trinajstić information content (AvgIpc) is 3.26. The van der Waals surface area contributed by atoms with E-state index in [9.17, 15) is 0 Å². The molecule has 0 spiro atoms. The van der Waals surface area contributed by atoms with E-state index in [1.807, 2.05) is 36.4 Å². The van der Waals surface area contributed by atoms with Crippen LogP contribution in [0.3, 0.4) is 0 Å². The molecule has 138 valence electrons. The molecule has 0 saturated carbocycles. The third-order valence-corrected chi connectivity index (χ3v) is 5.55. The minimum absolute atomic E-state index is 0.0849. The minimum Gasteiger partial charge on any atom is -0.459 e. The van der Waals surface area contributed by atoms with Gasteiger partial charge in [0.1, 0.15) is 17.6 Å². The number of hydrogen-bond donors (Lipinski definition) is 1. The Balaban J connectivity index is 1.73.